The molecule has 0 radical (unpaired) electrons. The first kappa shape index (κ1) is 18.9. The molecule has 0 spiro atoms. The fourth-order valence-corrected chi connectivity index (χ4v) is 3.33. The minimum absolute atomic E-state index is 0.00201. The number of ether oxygens (including phenoxy) is 1. The number of halogens is 1. The lowest BCUT2D eigenvalue weighted by Crippen LogP contribution is -2.23. The maximum Gasteiger partial charge on any atom is 0.285 e. The predicted octanol–water partition coefficient (Wildman–Crippen LogP) is 5.82. The third-order valence-corrected chi connectivity index (χ3v) is 5.29. The van der Waals surface area contributed by atoms with Gasteiger partial charge in [0, 0.05) is 17.1 Å². The monoisotopic (exact) mass is 407 g/mol. The summed E-state index contributed by atoms with van der Waals surface area (Å²) in [6.07, 6.45) is 2.79. The van der Waals surface area contributed by atoms with Gasteiger partial charge in [0.1, 0.15) is 12.4 Å². The summed E-state index contributed by atoms with van der Waals surface area (Å²) in [5.41, 5.74) is 4.23. The van der Waals surface area contributed by atoms with Crippen LogP contribution >= 0.6 is 27.7 Å². The van der Waals surface area contributed by atoms with Gasteiger partial charge in [-0.2, -0.15) is 0 Å². The van der Waals surface area contributed by atoms with Crippen molar-refractivity contribution in [3.63, 3.8) is 0 Å². The number of nitrogens with zero attached hydrogens (tertiary/aromatic N) is 1. The molecule has 2 aromatic rings. The average Bonchev–Trinajstić information content (AvgIpc) is 2.59. The standard InChI is InChI=1S/C19H22BrNO2S/c1-5-14-9-10-18(13(2)11-14)23-12-15-16(20)7-6-8-17(15)21(3)19(22)24-4/h6-11H,5,12H2,1-4H3. The van der Waals surface area contributed by atoms with Crippen molar-refractivity contribution < 1.29 is 9.53 Å². The normalized spacial score (nSPS) is 10.5. The van der Waals surface area contributed by atoms with Crippen LogP contribution in [0.2, 0.25) is 0 Å². The Kier molecular flexibility index (Phi) is 6.75. The van der Waals surface area contributed by atoms with Gasteiger partial charge >= 0.3 is 0 Å². The molecule has 0 atom stereocenters. The number of amides is 1. The van der Waals surface area contributed by atoms with Gasteiger partial charge in [-0.3, -0.25) is 4.79 Å². The Morgan fingerprint density at radius 3 is 2.67 bits per heavy atom. The molecule has 3 nitrogen and oxygen atoms in total. The summed E-state index contributed by atoms with van der Waals surface area (Å²) in [7, 11) is 1.78. The summed E-state index contributed by atoms with van der Waals surface area (Å²) in [5.74, 6) is 0.868. The molecule has 0 aromatic heterocycles. The molecule has 0 aliphatic rings. The Labute approximate surface area is 156 Å². The van der Waals surface area contributed by atoms with Crippen molar-refractivity contribution in [1.82, 2.24) is 0 Å². The molecule has 0 aliphatic carbocycles. The summed E-state index contributed by atoms with van der Waals surface area (Å²) in [5, 5.41) is -0.00201. The third kappa shape index (κ3) is 4.33. The van der Waals surface area contributed by atoms with Crippen LogP contribution in [0.15, 0.2) is 40.9 Å². The van der Waals surface area contributed by atoms with Crippen LogP contribution in [-0.4, -0.2) is 18.5 Å². The number of thioether (sulfide) groups is 1. The third-order valence-electron chi connectivity index (χ3n) is 3.92. The zero-order valence-corrected chi connectivity index (χ0v) is 16.8. The molecule has 128 valence electrons. The van der Waals surface area contributed by atoms with Crippen LogP contribution in [-0.2, 0) is 13.0 Å². The molecule has 2 rings (SSSR count). The molecule has 0 saturated carbocycles. The van der Waals surface area contributed by atoms with Gasteiger partial charge in [0.2, 0.25) is 0 Å². The zero-order chi connectivity index (χ0) is 17.7. The maximum atomic E-state index is 12.0. The molecule has 0 fully saturated rings. The molecule has 5 heteroatoms. The summed E-state index contributed by atoms with van der Waals surface area (Å²) in [6, 6.07) is 12.1. The Morgan fingerprint density at radius 1 is 1.29 bits per heavy atom. The van der Waals surface area contributed by atoms with Crippen LogP contribution in [0, 0.1) is 6.92 Å². The Balaban J connectivity index is 2.25. The van der Waals surface area contributed by atoms with Gasteiger partial charge in [0.15, 0.2) is 0 Å². The van der Waals surface area contributed by atoms with Crippen LogP contribution in [0.25, 0.3) is 0 Å². The topological polar surface area (TPSA) is 29.5 Å². The first-order valence-corrected chi connectivity index (χ1v) is 9.81. The number of benzene rings is 2. The molecular formula is C19H22BrNO2S. The first-order valence-electron chi connectivity index (χ1n) is 7.79. The fourth-order valence-electron chi connectivity index (χ4n) is 2.48. The van der Waals surface area contributed by atoms with Crippen molar-refractivity contribution in [3.8, 4) is 5.75 Å². The van der Waals surface area contributed by atoms with Crippen molar-refractivity contribution in [1.29, 1.82) is 0 Å². The number of carbonyl (C=O) groups excluding carboxylic acids is 1. The summed E-state index contributed by atoms with van der Waals surface area (Å²) in [6.45, 7) is 4.59. The molecule has 0 bridgehead atoms. The number of hydrogen-bond donors (Lipinski definition) is 0. The smallest absolute Gasteiger partial charge is 0.285 e. The lowest BCUT2D eigenvalue weighted by molar-refractivity contribution is 0.266. The van der Waals surface area contributed by atoms with Crippen molar-refractivity contribution in [2.75, 3.05) is 18.2 Å². The van der Waals surface area contributed by atoms with Crippen molar-refractivity contribution in [3.05, 3.63) is 57.6 Å². The van der Waals surface area contributed by atoms with E-state index < -0.39 is 0 Å². The van der Waals surface area contributed by atoms with E-state index in [-0.39, 0.29) is 5.24 Å². The second-order valence-electron chi connectivity index (χ2n) is 5.51. The SMILES string of the molecule is CCc1ccc(OCc2c(Br)cccc2N(C)C(=O)SC)c(C)c1. The highest BCUT2D eigenvalue weighted by Crippen LogP contribution is 2.30. The molecule has 1 amide bonds. The summed E-state index contributed by atoms with van der Waals surface area (Å²) >= 11 is 4.77. The van der Waals surface area contributed by atoms with E-state index in [0.29, 0.717) is 6.61 Å². The highest BCUT2D eigenvalue weighted by molar-refractivity contribution is 9.10. The van der Waals surface area contributed by atoms with Crippen LogP contribution in [0.1, 0.15) is 23.6 Å². The van der Waals surface area contributed by atoms with E-state index in [9.17, 15) is 4.79 Å². The van der Waals surface area contributed by atoms with Crippen LogP contribution < -0.4 is 9.64 Å². The molecule has 2 aromatic carbocycles. The van der Waals surface area contributed by atoms with Gasteiger partial charge < -0.3 is 9.64 Å². The second kappa shape index (κ2) is 8.58. The Morgan fingerprint density at radius 2 is 2.04 bits per heavy atom. The van der Waals surface area contributed by atoms with E-state index in [2.05, 4.69) is 41.9 Å². The van der Waals surface area contributed by atoms with Crippen molar-refractivity contribution in [2.24, 2.45) is 0 Å². The van der Waals surface area contributed by atoms with E-state index in [1.807, 2.05) is 24.3 Å². The lowest BCUT2D eigenvalue weighted by atomic mass is 10.1. The molecule has 0 unspecified atom stereocenters. The van der Waals surface area contributed by atoms with E-state index in [4.69, 9.17) is 4.74 Å². The van der Waals surface area contributed by atoms with Crippen LogP contribution in [0.4, 0.5) is 10.5 Å². The maximum absolute atomic E-state index is 12.0. The average molecular weight is 408 g/mol. The minimum Gasteiger partial charge on any atom is -0.489 e. The van der Waals surface area contributed by atoms with E-state index in [0.717, 1.165) is 33.5 Å². The first-order chi connectivity index (χ1) is 11.5. The number of aryl methyl sites for hydroxylation is 2. The largest absolute Gasteiger partial charge is 0.489 e. The van der Waals surface area contributed by atoms with Crippen molar-refractivity contribution in [2.45, 2.75) is 26.9 Å². The van der Waals surface area contributed by atoms with Gasteiger partial charge in [0.05, 0.1) is 5.69 Å². The fraction of sp³-hybridized carbons (Fsp3) is 0.316. The zero-order valence-electron chi connectivity index (χ0n) is 14.4. The van der Waals surface area contributed by atoms with E-state index in [1.165, 1.54) is 17.3 Å². The number of anilines is 1. The minimum atomic E-state index is -0.00201. The van der Waals surface area contributed by atoms with Gasteiger partial charge in [0.25, 0.3) is 5.24 Å². The van der Waals surface area contributed by atoms with Crippen LogP contribution in [0.3, 0.4) is 0 Å². The lowest BCUT2D eigenvalue weighted by Gasteiger charge is -2.21. The van der Waals surface area contributed by atoms with Gasteiger partial charge in [-0.25, -0.2) is 0 Å². The predicted molar refractivity (Wildman–Crippen MR) is 106 cm³/mol. The highest BCUT2D eigenvalue weighted by atomic mass is 79.9. The molecule has 0 aliphatic heterocycles. The molecule has 0 N–H and O–H groups in total. The van der Waals surface area contributed by atoms with Gasteiger partial charge in [-0.05, 0) is 48.9 Å². The quantitative estimate of drug-likeness (QED) is 0.625. The number of rotatable bonds is 5. The Bertz CT molecular complexity index is 733. The molecule has 24 heavy (non-hydrogen) atoms. The van der Waals surface area contributed by atoms with E-state index >= 15 is 0 Å². The van der Waals surface area contributed by atoms with Gasteiger partial charge in [-0.1, -0.05) is 52.8 Å². The highest BCUT2D eigenvalue weighted by Gasteiger charge is 2.16. The molecular weight excluding hydrogens is 386 g/mol. The molecule has 0 saturated heterocycles. The van der Waals surface area contributed by atoms with Crippen LogP contribution in [0.5, 0.6) is 5.75 Å². The Hall–Kier alpha value is -1.46. The van der Waals surface area contributed by atoms with Crippen molar-refractivity contribution >= 4 is 38.6 Å². The van der Waals surface area contributed by atoms with E-state index in [1.54, 1.807) is 18.2 Å². The summed E-state index contributed by atoms with van der Waals surface area (Å²) < 4.78 is 6.97. The summed E-state index contributed by atoms with van der Waals surface area (Å²) in [4.78, 5) is 13.7. The number of carbonyl (C=O) groups is 1. The second-order valence-corrected chi connectivity index (χ2v) is 7.12. The van der Waals surface area contributed by atoms with Gasteiger partial charge in [-0.15, -0.1) is 0 Å². The number of hydrogen-bond acceptors (Lipinski definition) is 3. The molecule has 0 heterocycles.